The lowest BCUT2D eigenvalue weighted by atomic mass is 10.2. The van der Waals surface area contributed by atoms with Crippen LogP contribution in [-0.2, 0) is 6.54 Å². The second-order valence-electron chi connectivity index (χ2n) is 4.08. The van der Waals surface area contributed by atoms with Gasteiger partial charge in [0.1, 0.15) is 5.82 Å². The molecule has 0 saturated carbocycles. The number of thioether (sulfide) groups is 1. The molecule has 84 valence electrons. The Kier molecular flexibility index (Phi) is 4.54. The minimum atomic E-state index is -0.279. The molecule has 0 bridgehead atoms. The Labute approximate surface area is 94.7 Å². The molecule has 0 atom stereocenters. The number of pyridine rings is 1. The van der Waals surface area contributed by atoms with E-state index in [2.05, 4.69) is 30.4 Å². The van der Waals surface area contributed by atoms with E-state index in [1.54, 1.807) is 6.20 Å². The molecule has 4 heteroatoms. The Hall–Kier alpha value is -0.610. The normalized spacial score (nSPS) is 11.7. The highest BCUT2D eigenvalue weighted by molar-refractivity contribution is 7.99. The molecule has 0 aliphatic carbocycles. The quantitative estimate of drug-likeness (QED) is 0.838. The van der Waals surface area contributed by atoms with E-state index in [0.29, 0.717) is 6.54 Å². The van der Waals surface area contributed by atoms with Gasteiger partial charge in [0.2, 0.25) is 0 Å². The Morgan fingerprint density at radius 2 is 2.20 bits per heavy atom. The first-order chi connectivity index (χ1) is 7.03. The summed E-state index contributed by atoms with van der Waals surface area (Å²) in [5.74, 6) is -0.279. The van der Waals surface area contributed by atoms with Crippen molar-refractivity contribution in [2.24, 2.45) is 0 Å². The van der Waals surface area contributed by atoms with Crippen LogP contribution < -0.4 is 5.32 Å². The Morgan fingerprint density at radius 3 is 2.80 bits per heavy atom. The molecule has 0 aliphatic rings. The first-order valence-electron chi connectivity index (χ1n) is 4.89. The summed E-state index contributed by atoms with van der Waals surface area (Å²) in [4.78, 5) is 3.80. The summed E-state index contributed by atoms with van der Waals surface area (Å²) in [6.07, 6.45) is 4.99. The van der Waals surface area contributed by atoms with Crippen molar-refractivity contribution in [2.75, 3.05) is 12.8 Å². The molecule has 0 saturated heterocycles. The van der Waals surface area contributed by atoms with Crippen molar-refractivity contribution in [3.63, 3.8) is 0 Å². The predicted octanol–water partition coefficient (Wildman–Crippen LogP) is 2.45. The van der Waals surface area contributed by atoms with Crippen LogP contribution >= 0.6 is 11.8 Å². The van der Waals surface area contributed by atoms with Gasteiger partial charge < -0.3 is 5.32 Å². The molecule has 15 heavy (non-hydrogen) atoms. The first kappa shape index (κ1) is 12.5. The van der Waals surface area contributed by atoms with Crippen LogP contribution in [0, 0.1) is 5.82 Å². The molecule has 1 aromatic heterocycles. The zero-order valence-electron chi connectivity index (χ0n) is 9.38. The lowest BCUT2D eigenvalue weighted by molar-refractivity contribution is 0.582. The topological polar surface area (TPSA) is 24.9 Å². The van der Waals surface area contributed by atoms with Gasteiger partial charge in [0.15, 0.2) is 0 Å². The molecule has 1 rings (SSSR count). The van der Waals surface area contributed by atoms with Gasteiger partial charge >= 0.3 is 0 Å². The van der Waals surface area contributed by atoms with Crippen molar-refractivity contribution < 1.29 is 4.39 Å². The van der Waals surface area contributed by atoms with Gasteiger partial charge in [-0.2, -0.15) is 11.8 Å². The number of hydrogen-bond acceptors (Lipinski definition) is 3. The number of aromatic nitrogens is 1. The Bertz CT molecular complexity index is 315. The van der Waals surface area contributed by atoms with Gasteiger partial charge in [0, 0.05) is 24.0 Å². The second kappa shape index (κ2) is 5.47. The number of nitrogens with zero attached hydrogens (tertiary/aromatic N) is 1. The van der Waals surface area contributed by atoms with Crippen LogP contribution in [0.3, 0.4) is 0 Å². The largest absolute Gasteiger partial charge is 0.311 e. The molecule has 0 unspecified atom stereocenters. The molecule has 0 aromatic carbocycles. The SMILES string of the molecule is CSC(C)(C)CNCc1cncc(F)c1. The van der Waals surface area contributed by atoms with Crippen LogP contribution in [0.25, 0.3) is 0 Å². The van der Waals surface area contributed by atoms with Crippen molar-refractivity contribution >= 4 is 11.8 Å². The van der Waals surface area contributed by atoms with Crippen LogP contribution in [0.1, 0.15) is 19.4 Å². The zero-order chi connectivity index (χ0) is 11.3. The third-order valence-corrected chi connectivity index (χ3v) is 3.44. The summed E-state index contributed by atoms with van der Waals surface area (Å²) in [5.41, 5.74) is 0.881. The smallest absolute Gasteiger partial charge is 0.141 e. The van der Waals surface area contributed by atoms with Crippen molar-refractivity contribution in [3.05, 3.63) is 29.8 Å². The summed E-state index contributed by atoms with van der Waals surface area (Å²) in [6.45, 7) is 5.91. The van der Waals surface area contributed by atoms with E-state index in [-0.39, 0.29) is 10.6 Å². The monoisotopic (exact) mass is 228 g/mol. The number of rotatable bonds is 5. The van der Waals surface area contributed by atoms with Crippen molar-refractivity contribution in [3.8, 4) is 0 Å². The van der Waals surface area contributed by atoms with Gasteiger partial charge in [-0.15, -0.1) is 0 Å². The Balaban J connectivity index is 2.38. The minimum absolute atomic E-state index is 0.209. The average Bonchev–Trinajstić information content (AvgIpc) is 2.18. The molecule has 2 nitrogen and oxygen atoms in total. The van der Waals surface area contributed by atoms with Crippen LogP contribution in [0.15, 0.2) is 18.5 Å². The molecular weight excluding hydrogens is 211 g/mol. The van der Waals surface area contributed by atoms with E-state index >= 15 is 0 Å². The summed E-state index contributed by atoms with van der Waals surface area (Å²) < 4.78 is 13.0. The fourth-order valence-corrected chi connectivity index (χ4v) is 1.38. The van der Waals surface area contributed by atoms with Crippen molar-refractivity contribution in [2.45, 2.75) is 25.1 Å². The molecule has 0 fully saturated rings. The lowest BCUT2D eigenvalue weighted by Gasteiger charge is -2.22. The molecular formula is C11H17FN2S. The van der Waals surface area contributed by atoms with Gasteiger partial charge in [0.05, 0.1) is 6.20 Å². The van der Waals surface area contributed by atoms with E-state index in [0.717, 1.165) is 12.1 Å². The van der Waals surface area contributed by atoms with E-state index < -0.39 is 0 Å². The van der Waals surface area contributed by atoms with E-state index in [4.69, 9.17) is 0 Å². The second-order valence-corrected chi connectivity index (χ2v) is 5.59. The van der Waals surface area contributed by atoms with E-state index in [9.17, 15) is 4.39 Å². The molecule has 0 aliphatic heterocycles. The average molecular weight is 228 g/mol. The maximum atomic E-state index is 12.8. The molecule has 0 spiro atoms. The molecule has 0 radical (unpaired) electrons. The maximum Gasteiger partial charge on any atom is 0.141 e. The fraction of sp³-hybridized carbons (Fsp3) is 0.545. The van der Waals surface area contributed by atoms with Crippen molar-refractivity contribution in [1.82, 2.24) is 10.3 Å². The summed E-state index contributed by atoms with van der Waals surface area (Å²) in [7, 11) is 0. The summed E-state index contributed by atoms with van der Waals surface area (Å²) >= 11 is 1.81. The highest BCUT2D eigenvalue weighted by Gasteiger charge is 2.14. The summed E-state index contributed by atoms with van der Waals surface area (Å²) in [5, 5.41) is 3.29. The van der Waals surface area contributed by atoms with Gasteiger partial charge in [-0.25, -0.2) is 4.39 Å². The molecule has 1 N–H and O–H groups in total. The highest BCUT2D eigenvalue weighted by Crippen LogP contribution is 2.19. The van der Waals surface area contributed by atoms with Gasteiger partial charge in [-0.3, -0.25) is 4.98 Å². The highest BCUT2D eigenvalue weighted by atomic mass is 32.2. The van der Waals surface area contributed by atoms with Crippen LogP contribution in [0.4, 0.5) is 4.39 Å². The standard InChI is InChI=1S/C11H17FN2S/c1-11(2,15-3)8-14-6-9-4-10(12)7-13-5-9/h4-5,7,14H,6,8H2,1-3H3. The summed E-state index contributed by atoms with van der Waals surface area (Å²) in [6, 6.07) is 1.51. The number of hydrogen-bond donors (Lipinski definition) is 1. The maximum absolute atomic E-state index is 12.8. The number of halogens is 1. The van der Waals surface area contributed by atoms with Crippen LogP contribution in [-0.4, -0.2) is 22.5 Å². The fourth-order valence-electron chi connectivity index (χ4n) is 1.13. The Morgan fingerprint density at radius 1 is 1.47 bits per heavy atom. The van der Waals surface area contributed by atoms with Gasteiger partial charge in [0.25, 0.3) is 0 Å². The number of nitrogens with one attached hydrogen (secondary N) is 1. The molecule has 0 amide bonds. The first-order valence-corrected chi connectivity index (χ1v) is 6.11. The van der Waals surface area contributed by atoms with Crippen LogP contribution in [0.5, 0.6) is 0 Å². The van der Waals surface area contributed by atoms with E-state index in [1.165, 1.54) is 12.3 Å². The van der Waals surface area contributed by atoms with Crippen molar-refractivity contribution in [1.29, 1.82) is 0 Å². The predicted molar refractivity (Wildman–Crippen MR) is 63.5 cm³/mol. The molecule has 1 heterocycles. The third kappa shape index (κ3) is 4.62. The van der Waals surface area contributed by atoms with Crippen LogP contribution in [0.2, 0.25) is 0 Å². The third-order valence-electron chi connectivity index (χ3n) is 2.19. The van der Waals surface area contributed by atoms with Gasteiger partial charge in [-0.05, 0) is 31.7 Å². The van der Waals surface area contributed by atoms with Gasteiger partial charge in [-0.1, -0.05) is 0 Å². The lowest BCUT2D eigenvalue weighted by Crippen LogP contribution is -2.31. The van der Waals surface area contributed by atoms with E-state index in [1.807, 2.05) is 11.8 Å². The minimum Gasteiger partial charge on any atom is -0.311 e. The molecule has 1 aromatic rings. The zero-order valence-corrected chi connectivity index (χ0v) is 10.2.